The Morgan fingerprint density at radius 3 is 2.28 bits per heavy atom. The molecule has 0 aliphatic rings. The van der Waals surface area contributed by atoms with Crippen LogP contribution in [-0.4, -0.2) is 24.5 Å². The largest absolute Gasteiger partial charge is 0.497 e. The highest BCUT2D eigenvalue weighted by molar-refractivity contribution is 5.96. The fraction of sp³-hybridized carbons (Fsp3) is 0.500. The second-order valence-electron chi connectivity index (χ2n) is 7.96. The number of nitrogens with one attached hydrogen (secondary N) is 1. The molecule has 25 heavy (non-hydrogen) atoms. The van der Waals surface area contributed by atoms with Gasteiger partial charge in [-0.15, -0.1) is 0 Å². The lowest BCUT2D eigenvalue weighted by atomic mass is 9.82. The van der Waals surface area contributed by atoms with E-state index in [2.05, 4.69) is 31.2 Å². The molecule has 1 N–H and O–H groups in total. The molecule has 138 valence electrons. The molecule has 5 nitrogen and oxygen atoms in total. The molecule has 5 heteroatoms. The standard InChI is InChI=1S/C20H30N2O3/c1-15(8-9-16-10-12-17(24-7)13-11-16)22-25-18(23)21-20(5,6)14-19(2,3)4/h8-13H,14H2,1-7H3,(H,21,23)/b9-8+,22-15+. The first-order valence-electron chi connectivity index (χ1n) is 8.37. The molecule has 0 bridgehead atoms. The molecular weight excluding hydrogens is 316 g/mol. The molecule has 0 aliphatic carbocycles. The first-order chi connectivity index (χ1) is 11.5. The maximum Gasteiger partial charge on any atom is 0.433 e. The van der Waals surface area contributed by atoms with Gasteiger partial charge in [0.2, 0.25) is 0 Å². The number of allylic oxidation sites excluding steroid dienone is 1. The van der Waals surface area contributed by atoms with Crippen LogP contribution in [0.5, 0.6) is 5.75 Å². The minimum atomic E-state index is -0.550. The molecule has 0 aliphatic heterocycles. The number of nitrogens with zero attached hydrogens (tertiary/aromatic N) is 1. The van der Waals surface area contributed by atoms with E-state index in [0.717, 1.165) is 17.7 Å². The second kappa shape index (κ2) is 8.70. The van der Waals surface area contributed by atoms with Crippen molar-refractivity contribution in [3.05, 3.63) is 35.9 Å². The van der Waals surface area contributed by atoms with Crippen LogP contribution >= 0.6 is 0 Å². The zero-order valence-corrected chi connectivity index (χ0v) is 16.3. The molecule has 0 atom stereocenters. The van der Waals surface area contributed by atoms with Gasteiger partial charge in [0.25, 0.3) is 0 Å². The van der Waals surface area contributed by atoms with Crippen LogP contribution in [0.1, 0.15) is 53.5 Å². The summed E-state index contributed by atoms with van der Waals surface area (Å²) in [7, 11) is 1.63. The van der Waals surface area contributed by atoms with E-state index < -0.39 is 6.09 Å². The minimum Gasteiger partial charge on any atom is -0.497 e. The van der Waals surface area contributed by atoms with Gasteiger partial charge in [-0.1, -0.05) is 44.1 Å². The number of carbonyl (C=O) groups is 1. The Bertz CT molecular complexity index is 623. The van der Waals surface area contributed by atoms with Crippen molar-refractivity contribution >= 4 is 17.9 Å². The second-order valence-corrected chi connectivity index (χ2v) is 7.96. The highest BCUT2D eigenvalue weighted by Gasteiger charge is 2.27. The number of hydrogen-bond donors (Lipinski definition) is 1. The number of amides is 1. The molecule has 1 aromatic rings. The number of ether oxygens (including phenoxy) is 1. The Labute approximate surface area is 151 Å². The molecule has 1 amide bonds. The number of benzene rings is 1. The molecule has 0 fully saturated rings. The van der Waals surface area contributed by atoms with Crippen LogP contribution in [0.3, 0.4) is 0 Å². The maximum absolute atomic E-state index is 11.9. The quantitative estimate of drug-likeness (QED) is 0.447. The highest BCUT2D eigenvalue weighted by Crippen LogP contribution is 2.26. The van der Waals surface area contributed by atoms with Gasteiger partial charge in [0.15, 0.2) is 0 Å². The molecule has 0 aromatic heterocycles. The van der Waals surface area contributed by atoms with Crippen LogP contribution in [0, 0.1) is 5.41 Å². The van der Waals surface area contributed by atoms with Crippen molar-refractivity contribution < 1.29 is 14.4 Å². The van der Waals surface area contributed by atoms with Gasteiger partial charge in [0, 0.05) is 5.54 Å². The minimum absolute atomic E-state index is 0.108. The Morgan fingerprint density at radius 1 is 1.16 bits per heavy atom. The summed E-state index contributed by atoms with van der Waals surface area (Å²) in [6.45, 7) is 12.1. The zero-order chi connectivity index (χ0) is 19.1. The van der Waals surface area contributed by atoms with Crippen molar-refractivity contribution in [1.82, 2.24) is 5.32 Å². The average molecular weight is 346 g/mol. The summed E-state index contributed by atoms with van der Waals surface area (Å²) in [4.78, 5) is 16.9. The molecule has 0 radical (unpaired) electrons. The van der Waals surface area contributed by atoms with Crippen LogP contribution in [0.2, 0.25) is 0 Å². The first kappa shape index (κ1) is 20.7. The van der Waals surface area contributed by atoms with Crippen LogP contribution in [-0.2, 0) is 4.84 Å². The molecular formula is C20H30N2O3. The van der Waals surface area contributed by atoms with Crippen molar-refractivity contribution in [3.63, 3.8) is 0 Å². The normalized spacial score (nSPS) is 13.0. The molecule has 1 aromatic carbocycles. The highest BCUT2D eigenvalue weighted by atomic mass is 16.7. The molecule has 0 spiro atoms. The van der Waals surface area contributed by atoms with E-state index in [9.17, 15) is 4.79 Å². The van der Waals surface area contributed by atoms with E-state index in [1.165, 1.54) is 0 Å². The van der Waals surface area contributed by atoms with Crippen molar-refractivity contribution in [2.75, 3.05) is 7.11 Å². The predicted molar refractivity (Wildman–Crippen MR) is 103 cm³/mol. The monoisotopic (exact) mass is 346 g/mol. The number of oxime groups is 1. The smallest absolute Gasteiger partial charge is 0.433 e. The third-order valence-corrected chi connectivity index (χ3v) is 3.32. The number of rotatable bonds is 6. The Kier molecular flexibility index (Phi) is 7.22. The van der Waals surface area contributed by atoms with Crippen molar-refractivity contribution in [3.8, 4) is 5.75 Å². The molecule has 0 saturated carbocycles. The van der Waals surface area contributed by atoms with E-state index in [0.29, 0.717) is 5.71 Å². The van der Waals surface area contributed by atoms with Gasteiger partial charge in [-0.2, -0.15) is 0 Å². The molecule has 0 heterocycles. The lowest BCUT2D eigenvalue weighted by molar-refractivity contribution is 0.132. The van der Waals surface area contributed by atoms with Gasteiger partial charge in [-0.3, -0.25) is 4.84 Å². The lowest BCUT2D eigenvalue weighted by Gasteiger charge is -2.32. The van der Waals surface area contributed by atoms with Crippen LogP contribution < -0.4 is 10.1 Å². The fourth-order valence-corrected chi connectivity index (χ4v) is 2.74. The summed E-state index contributed by atoms with van der Waals surface area (Å²) >= 11 is 0. The average Bonchev–Trinajstić information content (AvgIpc) is 2.48. The third-order valence-electron chi connectivity index (χ3n) is 3.32. The summed E-state index contributed by atoms with van der Waals surface area (Å²) in [5.74, 6) is 0.806. The van der Waals surface area contributed by atoms with Gasteiger partial charge in [-0.05, 0) is 56.4 Å². The van der Waals surface area contributed by atoms with E-state index in [4.69, 9.17) is 9.57 Å². The number of carbonyl (C=O) groups excluding carboxylic acids is 1. The van der Waals surface area contributed by atoms with Crippen LogP contribution in [0.15, 0.2) is 35.5 Å². The maximum atomic E-state index is 11.9. The van der Waals surface area contributed by atoms with E-state index in [1.54, 1.807) is 20.1 Å². The number of methoxy groups -OCH3 is 1. The molecule has 0 saturated heterocycles. The summed E-state index contributed by atoms with van der Waals surface area (Å²) in [5.41, 5.74) is 1.35. The van der Waals surface area contributed by atoms with Gasteiger partial charge in [-0.25, -0.2) is 4.79 Å². The summed E-state index contributed by atoms with van der Waals surface area (Å²) in [5, 5.41) is 6.70. The van der Waals surface area contributed by atoms with Gasteiger partial charge >= 0.3 is 6.09 Å². The topological polar surface area (TPSA) is 59.9 Å². The van der Waals surface area contributed by atoms with E-state index in [-0.39, 0.29) is 11.0 Å². The predicted octanol–water partition coefficient (Wildman–Crippen LogP) is 5.03. The summed E-state index contributed by atoms with van der Waals surface area (Å²) in [6, 6.07) is 7.64. The number of hydrogen-bond acceptors (Lipinski definition) is 4. The Hall–Kier alpha value is -2.30. The van der Waals surface area contributed by atoms with Gasteiger partial charge < -0.3 is 10.1 Å². The summed E-state index contributed by atoms with van der Waals surface area (Å²) < 4.78 is 5.12. The summed E-state index contributed by atoms with van der Waals surface area (Å²) in [6.07, 6.45) is 3.96. The van der Waals surface area contributed by atoms with Crippen molar-refractivity contribution in [2.45, 2.75) is 53.5 Å². The van der Waals surface area contributed by atoms with Gasteiger partial charge in [0.1, 0.15) is 5.75 Å². The first-order valence-corrected chi connectivity index (χ1v) is 8.37. The van der Waals surface area contributed by atoms with E-state index in [1.807, 2.05) is 44.2 Å². The zero-order valence-electron chi connectivity index (χ0n) is 16.3. The Morgan fingerprint density at radius 2 is 1.76 bits per heavy atom. The third kappa shape index (κ3) is 8.94. The molecule has 0 unspecified atom stereocenters. The van der Waals surface area contributed by atoms with Gasteiger partial charge in [0.05, 0.1) is 12.8 Å². The lowest BCUT2D eigenvalue weighted by Crippen LogP contribution is -2.45. The van der Waals surface area contributed by atoms with Crippen molar-refractivity contribution in [1.29, 1.82) is 0 Å². The SMILES string of the molecule is COc1ccc(/C=C/C(C)=N/OC(=O)NC(C)(C)CC(C)(C)C)cc1. The fourth-order valence-electron chi connectivity index (χ4n) is 2.74. The van der Waals surface area contributed by atoms with Crippen molar-refractivity contribution in [2.24, 2.45) is 10.6 Å². The Balaban J connectivity index is 2.55. The van der Waals surface area contributed by atoms with Crippen LogP contribution in [0.25, 0.3) is 6.08 Å². The molecule has 1 rings (SSSR count). The van der Waals surface area contributed by atoms with Crippen LogP contribution in [0.4, 0.5) is 4.79 Å². The van der Waals surface area contributed by atoms with E-state index >= 15 is 0 Å².